The van der Waals surface area contributed by atoms with Crippen molar-refractivity contribution in [3.63, 3.8) is 0 Å². The standard InChI is InChI=1S/C10H19N4OP/c1-13(2)16(14(3)4)15-12-10-8-6-5-7-9(10)11/h5-8,12H,11H2,1-4H3/p+1. The summed E-state index contributed by atoms with van der Waals surface area (Å²) < 4.78 is 9.76. The zero-order chi connectivity index (χ0) is 12.1. The first-order valence-corrected chi connectivity index (χ1v) is 6.31. The molecule has 0 amide bonds. The number of para-hydroxylation sites is 2. The topological polar surface area (TPSA) is 53.8 Å². The first kappa shape index (κ1) is 13.2. The van der Waals surface area contributed by atoms with Gasteiger partial charge in [-0.1, -0.05) is 16.8 Å². The highest BCUT2D eigenvalue weighted by Crippen LogP contribution is 2.40. The summed E-state index contributed by atoms with van der Waals surface area (Å²) in [5.41, 5.74) is 10.2. The maximum atomic E-state index is 5.80. The van der Waals surface area contributed by atoms with E-state index in [2.05, 4.69) is 14.8 Å². The molecular formula is C10H20N4OP+. The molecule has 0 saturated carbocycles. The molecule has 0 aliphatic carbocycles. The molecule has 5 nitrogen and oxygen atoms in total. The average Bonchev–Trinajstić information content (AvgIpc) is 2.20. The molecule has 16 heavy (non-hydrogen) atoms. The van der Waals surface area contributed by atoms with Crippen molar-refractivity contribution in [2.45, 2.75) is 0 Å². The third kappa shape index (κ3) is 3.61. The molecular weight excluding hydrogens is 223 g/mol. The molecule has 1 aromatic carbocycles. The van der Waals surface area contributed by atoms with Gasteiger partial charge in [-0.2, -0.15) is 0 Å². The molecule has 0 heterocycles. The van der Waals surface area contributed by atoms with Crippen LogP contribution >= 0.6 is 8.45 Å². The Labute approximate surface area is 98.1 Å². The Morgan fingerprint density at radius 1 is 1.12 bits per heavy atom. The van der Waals surface area contributed by atoms with Crippen LogP contribution in [0.1, 0.15) is 0 Å². The van der Waals surface area contributed by atoms with Crippen molar-refractivity contribution < 1.29 is 4.62 Å². The molecule has 0 unspecified atom stereocenters. The highest BCUT2D eigenvalue weighted by molar-refractivity contribution is 7.47. The van der Waals surface area contributed by atoms with Crippen molar-refractivity contribution >= 4 is 19.8 Å². The third-order valence-corrected chi connectivity index (χ3v) is 3.79. The summed E-state index contributed by atoms with van der Waals surface area (Å²) in [6.45, 7) is 0. The van der Waals surface area contributed by atoms with Gasteiger partial charge >= 0.3 is 8.45 Å². The SMILES string of the molecule is CN(C)[PH+](ONc1ccccc1N)N(C)C. The van der Waals surface area contributed by atoms with E-state index in [0.29, 0.717) is 5.69 Å². The van der Waals surface area contributed by atoms with E-state index in [4.69, 9.17) is 10.4 Å². The monoisotopic (exact) mass is 243 g/mol. The number of rotatable bonds is 5. The number of nitrogens with two attached hydrogens (primary N) is 1. The summed E-state index contributed by atoms with van der Waals surface area (Å²) >= 11 is 0. The zero-order valence-electron chi connectivity index (χ0n) is 10.2. The van der Waals surface area contributed by atoms with Crippen molar-refractivity contribution in [1.82, 2.24) is 9.34 Å². The van der Waals surface area contributed by atoms with Crippen LogP contribution in [0.2, 0.25) is 0 Å². The summed E-state index contributed by atoms with van der Waals surface area (Å²) in [6.07, 6.45) is 0. The van der Waals surface area contributed by atoms with E-state index in [1.54, 1.807) is 0 Å². The minimum Gasteiger partial charge on any atom is -0.397 e. The molecule has 0 aliphatic rings. The van der Waals surface area contributed by atoms with E-state index in [1.807, 2.05) is 52.5 Å². The van der Waals surface area contributed by atoms with Crippen molar-refractivity contribution in [1.29, 1.82) is 0 Å². The lowest BCUT2D eigenvalue weighted by atomic mass is 10.3. The Bertz CT molecular complexity index is 324. The normalized spacial score (nSPS) is 11.4. The second-order valence-electron chi connectivity index (χ2n) is 3.86. The van der Waals surface area contributed by atoms with E-state index in [-0.39, 0.29) is 0 Å². The van der Waals surface area contributed by atoms with Crippen LogP contribution in [0.3, 0.4) is 0 Å². The molecule has 0 aromatic heterocycles. The third-order valence-electron chi connectivity index (χ3n) is 1.98. The molecule has 3 N–H and O–H groups in total. The molecule has 0 radical (unpaired) electrons. The fourth-order valence-electron chi connectivity index (χ4n) is 1.27. The smallest absolute Gasteiger partial charge is 0.309 e. The molecule has 1 rings (SSSR count). The number of nitrogens with one attached hydrogen (secondary N) is 1. The van der Waals surface area contributed by atoms with Gasteiger partial charge in [0.15, 0.2) is 0 Å². The quantitative estimate of drug-likeness (QED) is 0.468. The van der Waals surface area contributed by atoms with Gasteiger partial charge < -0.3 is 5.73 Å². The van der Waals surface area contributed by atoms with Gasteiger partial charge in [0.1, 0.15) is 0 Å². The van der Waals surface area contributed by atoms with Crippen LogP contribution in [-0.2, 0) is 4.62 Å². The predicted molar refractivity (Wildman–Crippen MR) is 71.3 cm³/mol. The van der Waals surface area contributed by atoms with Crippen molar-refractivity contribution in [3.05, 3.63) is 24.3 Å². The van der Waals surface area contributed by atoms with Gasteiger partial charge in [0.25, 0.3) is 0 Å². The number of nitrogen functional groups attached to an aromatic ring is 1. The molecule has 1 aromatic rings. The van der Waals surface area contributed by atoms with Crippen LogP contribution < -0.4 is 11.2 Å². The fraction of sp³-hybridized carbons (Fsp3) is 0.400. The van der Waals surface area contributed by atoms with E-state index in [1.165, 1.54) is 0 Å². The van der Waals surface area contributed by atoms with Gasteiger partial charge in [-0.15, -0.1) is 9.34 Å². The van der Waals surface area contributed by atoms with Gasteiger partial charge in [-0.3, -0.25) is 0 Å². The van der Waals surface area contributed by atoms with Crippen LogP contribution in [0.25, 0.3) is 0 Å². The van der Waals surface area contributed by atoms with E-state index in [9.17, 15) is 0 Å². The van der Waals surface area contributed by atoms with Gasteiger partial charge in [0.2, 0.25) is 0 Å². The minimum absolute atomic E-state index is 0.682. The van der Waals surface area contributed by atoms with Crippen molar-refractivity contribution in [2.75, 3.05) is 39.4 Å². The summed E-state index contributed by atoms with van der Waals surface area (Å²) in [4.78, 5) is 0. The second-order valence-corrected chi connectivity index (χ2v) is 6.42. The van der Waals surface area contributed by atoms with Crippen LogP contribution in [0, 0.1) is 0 Å². The lowest BCUT2D eigenvalue weighted by Crippen LogP contribution is -2.20. The molecule has 0 saturated heterocycles. The molecule has 0 spiro atoms. The van der Waals surface area contributed by atoms with E-state index >= 15 is 0 Å². The zero-order valence-corrected chi connectivity index (χ0v) is 11.2. The van der Waals surface area contributed by atoms with Crippen LogP contribution in [0.4, 0.5) is 11.4 Å². The highest BCUT2D eigenvalue weighted by atomic mass is 31.2. The van der Waals surface area contributed by atoms with E-state index in [0.717, 1.165) is 5.69 Å². The minimum atomic E-state index is -1.19. The maximum absolute atomic E-state index is 5.80. The van der Waals surface area contributed by atoms with Crippen LogP contribution in [0.5, 0.6) is 0 Å². The number of hydrogen-bond acceptors (Lipinski definition) is 5. The van der Waals surface area contributed by atoms with Gasteiger partial charge in [-0.25, -0.2) is 5.48 Å². The summed E-state index contributed by atoms with van der Waals surface area (Å²) in [7, 11) is 6.77. The Kier molecular flexibility index (Phi) is 4.96. The molecule has 0 fully saturated rings. The largest absolute Gasteiger partial charge is 0.397 e. The van der Waals surface area contributed by atoms with Gasteiger partial charge in [0, 0.05) is 28.2 Å². The average molecular weight is 243 g/mol. The Hall–Kier alpha value is -0.870. The fourth-order valence-corrected chi connectivity index (χ4v) is 2.64. The summed E-state index contributed by atoms with van der Waals surface area (Å²) in [6, 6.07) is 7.54. The molecule has 6 heteroatoms. The first-order chi connectivity index (χ1) is 7.52. The van der Waals surface area contributed by atoms with E-state index < -0.39 is 8.45 Å². The first-order valence-electron chi connectivity index (χ1n) is 5.01. The van der Waals surface area contributed by atoms with Gasteiger partial charge in [0.05, 0.1) is 11.4 Å². The number of anilines is 2. The van der Waals surface area contributed by atoms with Gasteiger partial charge in [-0.05, 0) is 12.1 Å². The predicted octanol–water partition coefficient (Wildman–Crippen LogP) is 1.69. The van der Waals surface area contributed by atoms with Crippen molar-refractivity contribution in [3.8, 4) is 0 Å². The lowest BCUT2D eigenvalue weighted by Gasteiger charge is -2.19. The molecule has 90 valence electrons. The highest BCUT2D eigenvalue weighted by Gasteiger charge is 2.24. The Morgan fingerprint density at radius 3 is 2.19 bits per heavy atom. The van der Waals surface area contributed by atoms with Crippen LogP contribution in [-0.4, -0.2) is 37.5 Å². The molecule has 0 aliphatic heterocycles. The maximum Gasteiger partial charge on any atom is 0.309 e. The number of hydrogen-bond donors (Lipinski definition) is 2. The summed E-state index contributed by atoms with van der Waals surface area (Å²) in [5.74, 6) is 0. The Morgan fingerprint density at radius 2 is 1.69 bits per heavy atom. The summed E-state index contributed by atoms with van der Waals surface area (Å²) in [5, 5.41) is 0. The molecule has 0 atom stereocenters. The number of benzene rings is 1. The second kappa shape index (κ2) is 6.01. The van der Waals surface area contributed by atoms with Crippen molar-refractivity contribution in [2.24, 2.45) is 0 Å². The Balaban J connectivity index is 2.59. The molecule has 0 bridgehead atoms. The van der Waals surface area contributed by atoms with Crippen LogP contribution in [0.15, 0.2) is 24.3 Å². The lowest BCUT2D eigenvalue weighted by molar-refractivity contribution is 0.364. The number of nitrogens with zero attached hydrogens (tertiary/aromatic N) is 2.